The summed E-state index contributed by atoms with van der Waals surface area (Å²) in [6.45, 7) is 2.70. The monoisotopic (exact) mass is 522 g/mol. The summed E-state index contributed by atoms with van der Waals surface area (Å²) >= 11 is 0. The smallest absolute Gasteiger partial charge is 0.407 e. The van der Waals surface area contributed by atoms with Gasteiger partial charge < -0.3 is 30.3 Å². The normalized spacial score (nSPS) is 19.4. The number of nitrogens with one attached hydrogen (secondary N) is 2. The van der Waals surface area contributed by atoms with Crippen molar-refractivity contribution < 1.29 is 29.0 Å². The van der Waals surface area contributed by atoms with Crippen LogP contribution < -0.4 is 10.6 Å². The maximum atomic E-state index is 13.5. The number of likely N-dealkylation sites (N-methyl/N-ethyl adjacent to an activating group) is 1. The van der Waals surface area contributed by atoms with E-state index in [1.807, 2.05) is 60.7 Å². The van der Waals surface area contributed by atoms with Gasteiger partial charge in [0.15, 0.2) is 0 Å². The van der Waals surface area contributed by atoms with E-state index in [0.29, 0.717) is 0 Å². The van der Waals surface area contributed by atoms with Gasteiger partial charge in [0.1, 0.15) is 6.04 Å². The van der Waals surface area contributed by atoms with Crippen LogP contribution in [0.15, 0.2) is 60.7 Å². The van der Waals surface area contributed by atoms with Gasteiger partial charge in [0.05, 0.1) is 25.0 Å². The summed E-state index contributed by atoms with van der Waals surface area (Å²) in [5.41, 5.74) is 1.13. The van der Waals surface area contributed by atoms with E-state index in [2.05, 4.69) is 10.6 Å². The molecule has 2 aromatic rings. The average Bonchev–Trinajstić information content (AvgIpc) is 3.32. The molecule has 0 bridgehead atoms. The van der Waals surface area contributed by atoms with E-state index in [9.17, 15) is 24.3 Å². The SMILES string of the molecule is CNC(=O)[C@@H](NC(=O)[C@@H]1CN(C(=O)O)CC12CN(C(=O)Cc1ccccc1)C2)[C@@H](C)OCc1ccccc1. The maximum Gasteiger partial charge on any atom is 0.407 e. The molecule has 1 spiro atoms. The summed E-state index contributed by atoms with van der Waals surface area (Å²) < 4.78 is 5.90. The molecule has 38 heavy (non-hydrogen) atoms. The van der Waals surface area contributed by atoms with Crippen LogP contribution in [0, 0.1) is 11.3 Å². The third-order valence-electron chi connectivity index (χ3n) is 7.45. The van der Waals surface area contributed by atoms with Crippen LogP contribution in [0.5, 0.6) is 0 Å². The number of hydrogen-bond acceptors (Lipinski definition) is 5. The standard InChI is InChI=1S/C28H34N4O6/c1-19(38-15-21-11-7-4-8-12-21)24(26(35)29-2)30-25(34)22-14-31(27(36)37)16-28(22)17-32(18-28)23(33)13-20-9-5-3-6-10-20/h3-12,19,22,24H,13-18H2,1-2H3,(H,29,35)(H,30,34)(H,36,37)/t19-,22+,24+/m1/s1. The Morgan fingerprint density at radius 3 is 2.13 bits per heavy atom. The molecule has 10 heteroatoms. The van der Waals surface area contributed by atoms with E-state index in [1.54, 1.807) is 11.8 Å². The van der Waals surface area contributed by atoms with Gasteiger partial charge >= 0.3 is 6.09 Å². The number of amides is 4. The molecule has 2 aliphatic heterocycles. The molecule has 0 saturated carbocycles. The predicted molar refractivity (Wildman–Crippen MR) is 139 cm³/mol. The lowest BCUT2D eigenvalue weighted by atomic mass is 9.71. The first-order valence-electron chi connectivity index (χ1n) is 12.7. The fraction of sp³-hybridized carbons (Fsp3) is 0.429. The molecule has 0 aliphatic carbocycles. The molecule has 2 saturated heterocycles. The predicted octanol–water partition coefficient (Wildman–Crippen LogP) is 1.50. The van der Waals surface area contributed by atoms with Crippen LogP contribution in [0.4, 0.5) is 4.79 Å². The van der Waals surface area contributed by atoms with Crippen molar-refractivity contribution in [3.63, 3.8) is 0 Å². The first-order valence-corrected chi connectivity index (χ1v) is 12.7. The molecular formula is C28H34N4O6. The lowest BCUT2D eigenvalue weighted by Gasteiger charge is -2.50. The van der Waals surface area contributed by atoms with Crippen LogP contribution in [0.1, 0.15) is 18.1 Å². The van der Waals surface area contributed by atoms with Crippen LogP contribution in [0.3, 0.4) is 0 Å². The quantitative estimate of drug-likeness (QED) is 0.458. The highest BCUT2D eigenvalue weighted by molar-refractivity contribution is 5.90. The molecule has 3 N–H and O–H groups in total. The van der Waals surface area contributed by atoms with Gasteiger partial charge in [0, 0.05) is 38.6 Å². The van der Waals surface area contributed by atoms with Crippen molar-refractivity contribution in [2.24, 2.45) is 11.3 Å². The summed E-state index contributed by atoms with van der Waals surface area (Å²) in [5, 5.41) is 15.0. The van der Waals surface area contributed by atoms with Crippen molar-refractivity contribution in [1.82, 2.24) is 20.4 Å². The molecule has 10 nitrogen and oxygen atoms in total. The zero-order valence-electron chi connectivity index (χ0n) is 21.6. The lowest BCUT2D eigenvalue weighted by Crippen LogP contribution is -2.65. The van der Waals surface area contributed by atoms with Gasteiger partial charge in [-0.1, -0.05) is 60.7 Å². The van der Waals surface area contributed by atoms with Crippen LogP contribution >= 0.6 is 0 Å². The van der Waals surface area contributed by atoms with E-state index in [1.165, 1.54) is 11.9 Å². The highest BCUT2D eigenvalue weighted by atomic mass is 16.5. The topological polar surface area (TPSA) is 128 Å². The van der Waals surface area contributed by atoms with E-state index in [4.69, 9.17) is 4.74 Å². The van der Waals surface area contributed by atoms with E-state index < -0.39 is 41.4 Å². The van der Waals surface area contributed by atoms with E-state index >= 15 is 0 Å². The Kier molecular flexibility index (Phi) is 8.31. The van der Waals surface area contributed by atoms with Crippen molar-refractivity contribution in [1.29, 1.82) is 0 Å². The molecule has 2 fully saturated rings. The molecule has 4 rings (SSSR count). The summed E-state index contributed by atoms with van der Waals surface area (Å²) in [4.78, 5) is 53.7. The van der Waals surface area contributed by atoms with E-state index in [-0.39, 0.29) is 45.1 Å². The van der Waals surface area contributed by atoms with Crippen molar-refractivity contribution in [3.8, 4) is 0 Å². The van der Waals surface area contributed by atoms with Crippen molar-refractivity contribution in [2.75, 3.05) is 33.2 Å². The van der Waals surface area contributed by atoms with Crippen LogP contribution in [-0.2, 0) is 32.1 Å². The molecule has 0 aromatic heterocycles. The summed E-state index contributed by atoms with van der Waals surface area (Å²) in [7, 11) is 1.48. The number of nitrogens with zero attached hydrogens (tertiary/aromatic N) is 2. The number of benzene rings is 2. The third-order valence-corrected chi connectivity index (χ3v) is 7.45. The van der Waals surface area contributed by atoms with Gasteiger partial charge in [-0.2, -0.15) is 0 Å². The Bertz CT molecular complexity index is 1150. The lowest BCUT2D eigenvalue weighted by molar-refractivity contribution is -0.150. The highest BCUT2D eigenvalue weighted by Gasteiger charge is 2.59. The summed E-state index contributed by atoms with van der Waals surface area (Å²) in [5.74, 6) is -1.60. The van der Waals surface area contributed by atoms with Gasteiger partial charge in [-0.3, -0.25) is 14.4 Å². The first-order chi connectivity index (χ1) is 18.2. The number of carbonyl (C=O) groups is 4. The van der Waals surface area contributed by atoms with Gasteiger partial charge in [-0.05, 0) is 18.1 Å². The minimum Gasteiger partial charge on any atom is -0.465 e. The number of carboxylic acid groups (broad SMARTS) is 1. The molecule has 202 valence electrons. The van der Waals surface area contributed by atoms with Crippen LogP contribution in [0.2, 0.25) is 0 Å². The van der Waals surface area contributed by atoms with Gasteiger partial charge in [-0.25, -0.2) is 4.79 Å². The molecular weight excluding hydrogens is 488 g/mol. The third kappa shape index (κ3) is 5.96. The molecule has 2 aromatic carbocycles. The Labute approximate surface area is 221 Å². The molecule has 4 amide bonds. The van der Waals surface area contributed by atoms with Gasteiger partial charge in [0.2, 0.25) is 17.7 Å². The minimum absolute atomic E-state index is 0.00159. The summed E-state index contributed by atoms with van der Waals surface area (Å²) in [6.07, 6.45) is -1.51. The fourth-order valence-corrected chi connectivity index (χ4v) is 5.27. The molecule has 0 unspecified atom stereocenters. The number of hydrogen-bond donors (Lipinski definition) is 3. The molecule has 2 aliphatic rings. The second kappa shape index (κ2) is 11.6. The Hall–Kier alpha value is -3.92. The minimum atomic E-state index is -1.11. The number of ether oxygens (including phenoxy) is 1. The number of carbonyl (C=O) groups excluding carboxylic acids is 3. The van der Waals surface area contributed by atoms with Crippen molar-refractivity contribution in [3.05, 3.63) is 71.8 Å². The number of likely N-dealkylation sites (tertiary alicyclic amines) is 2. The van der Waals surface area contributed by atoms with Gasteiger partial charge in [0.25, 0.3) is 0 Å². The summed E-state index contributed by atoms with van der Waals surface area (Å²) in [6, 6.07) is 17.9. The van der Waals surface area contributed by atoms with Crippen molar-refractivity contribution in [2.45, 2.75) is 32.1 Å². The maximum absolute atomic E-state index is 13.5. The van der Waals surface area contributed by atoms with Gasteiger partial charge in [-0.15, -0.1) is 0 Å². The Balaban J connectivity index is 1.43. The zero-order chi connectivity index (χ0) is 27.3. The highest BCUT2D eigenvalue weighted by Crippen LogP contribution is 2.44. The van der Waals surface area contributed by atoms with E-state index in [0.717, 1.165) is 11.1 Å². The first kappa shape index (κ1) is 27.1. The average molecular weight is 523 g/mol. The second-order valence-electron chi connectivity index (χ2n) is 10.1. The molecule has 2 heterocycles. The molecule has 0 radical (unpaired) electrons. The fourth-order valence-electron chi connectivity index (χ4n) is 5.27. The van der Waals surface area contributed by atoms with Crippen LogP contribution in [-0.4, -0.2) is 84.1 Å². The van der Waals surface area contributed by atoms with Crippen molar-refractivity contribution >= 4 is 23.8 Å². The zero-order valence-corrected chi connectivity index (χ0v) is 21.6. The second-order valence-corrected chi connectivity index (χ2v) is 10.1. The molecule has 3 atom stereocenters. The Morgan fingerprint density at radius 2 is 1.55 bits per heavy atom. The largest absolute Gasteiger partial charge is 0.465 e. The van der Waals surface area contributed by atoms with Crippen LogP contribution in [0.25, 0.3) is 0 Å². The number of rotatable bonds is 9. The Morgan fingerprint density at radius 1 is 0.974 bits per heavy atom.